The highest BCUT2D eigenvalue weighted by Crippen LogP contribution is 2.45. The van der Waals surface area contributed by atoms with E-state index in [0.717, 1.165) is 11.1 Å². The summed E-state index contributed by atoms with van der Waals surface area (Å²) >= 11 is 6.69. The van der Waals surface area contributed by atoms with E-state index in [9.17, 15) is 9.59 Å². The Balaban J connectivity index is 2.02. The van der Waals surface area contributed by atoms with Gasteiger partial charge >= 0.3 is 0 Å². The van der Waals surface area contributed by atoms with E-state index in [-0.39, 0.29) is 5.78 Å². The third-order valence-corrected chi connectivity index (χ3v) is 5.61. The molecule has 0 aliphatic carbocycles. The molecule has 2 aliphatic heterocycles. The number of hydrogen-bond donors (Lipinski definition) is 1. The van der Waals surface area contributed by atoms with Crippen molar-refractivity contribution in [1.29, 1.82) is 0 Å². The van der Waals surface area contributed by atoms with Gasteiger partial charge in [-0.3, -0.25) is 9.59 Å². The quantitative estimate of drug-likeness (QED) is 0.661. The summed E-state index contributed by atoms with van der Waals surface area (Å²) in [6.45, 7) is 4.93. The average Bonchev–Trinajstić information content (AvgIpc) is 2.70. The van der Waals surface area contributed by atoms with Crippen LogP contribution in [0.4, 0.5) is 0 Å². The van der Waals surface area contributed by atoms with Crippen LogP contribution in [-0.4, -0.2) is 42.5 Å². The fraction of sp³-hybridized carbons (Fsp3) is 0.529. The lowest BCUT2D eigenvalue weighted by molar-refractivity contribution is -0.157. The van der Waals surface area contributed by atoms with Crippen molar-refractivity contribution in [3.8, 4) is 0 Å². The number of nitrogens with one attached hydrogen (secondary N) is 1. The molecule has 2 fully saturated rings. The van der Waals surface area contributed by atoms with Crippen LogP contribution in [0.15, 0.2) is 18.2 Å². The first-order valence-corrected chi connectivity index (χ1v) is 8.15. The molecule has 1 amide bonds. The normalized spacial score (nSPS) is 27.5. The molecule has 1 aromatic rings. The predicted octanol–water partition coefficient (Wildman–Crippen LogP) is 1.83. The maximum atomic E-state index is 13.2. The third kappa shape index (κ3) is 2.30. The highest BCUT2D eigenvalue weighted by atomic mass is 35.5. The molecule has 1 unspecified atom stereocenters. The van der Waals surface area contributed by atoms with E-state index >= 15 is 0 Å². The Morgan fingerprint density at radius 2 is 1.74 bits per heavy atom. The molecule has 5 nitrogen and oxygen atoms in total. The van der Waals surface area contributed by atoms with Gasteiger partial charge < -0.3 is 10.2 Å². The van der Waals surface area contributed by atoms with Gasteiger partial charge in [0.2, 0.25) is 4.87 Å². The molecule has 1 N–H and O–H groups in total. The molecule has 1 aromatic carbocycles. The lowest BCUT2D eigenvalue weighted by atomic mass is 9.78. The minimum Gasteiger partial charge on any atom is -0.341 e. The summed E-state index contributed by atoms with van der Waals surface area (Å²) in [5.41, 5.74) is 1.45. The minimum atomic E-state index is -1.63. The number of Topliss-reactive ketones (excluding diaryl/α,β-unsaturated/α-hetero) is 1. The fourth-order valence-corrected chi connectivity index (χ4v) is 4.31. The fourth-order valence-electron chi connectivity index (χ4n) is 3.78. The average molecular weight is 337 g/mol. The van der Waals surface area contributed by atoms with E-state index < -0.39 is 16.3 Å². The van der Waals surface area contributed by atoms with Gasteiger partial charge in [-0.1, -0.05) is 29.8 Å². The van der Waals surface area contributed by atoms with Crippen LogP contribution < -0.4 is 5.32 Å². The number of aryl methyl sites for hydroxylation is 2. The van der Waals surface area contributed by atoms with Crippen LogP contribution in [0.25, 0.3) is 0 Å². The Kier molecular flexibility index (Phi) is 3.99. The molecule has 2 aliphatic rings. The van der Waals surface area contributed by atoms with Gasteiger partial charge in [-0.15, -0.1) is 0 Å². The molecule has 6 heteroatoms. The molecule has 0 saturated carbocycles. The SMILES string of the molecule is CON1CCC2(CC1)NC(=O)C(Cl)(c1c(C)cccc1C)C2=O. The van der Waals surface area contributed by atoms with Gasteiger partial charge in [-0.25, -0.2) is 0 Å². The second kappa shape index (κ2) is 5.58. The number of alkyl halides is 1. The number of carbonyl (C=O) groups is 2. The topological polar surface area (TPSA) is 58.6 Å². The number of rotatable bonds is 2. The largest absolute Gasteiger partial charge is 0.341 e. The maximum absolute atomic E-state index is 13.2. The van der Waals surface area contributed by atoms with Crippen LogP contribution in [-0.2, 0) is 19.3 Å². The lowest BCUT2D eigenvalue weighted by Crippen LogP contribution is -2.54. The first kappa shape index (κ1) is 16.4. The Bertz CT molecular complexity index is 648. The summed E-state index contributed by atoms with van der Waals surface area (Å²) < 4.78 is 0. The zero-order chi connectivity index (χ0) is 16.8. The molecule has 2 heterocycles. The number of amides is 1. The molecule has 23 heavy (non-hydrogen) atoms. The van der Waals surface area contributed by atoms with Crippen LogP contribution in [0, 0.1) is 13.8 Å². The third-order valence-electron chi connectivity index (χ3n) is 5.07. The summed E-state index contributed by atoms with van der Waals surface area (Å²) in [7, 11) is 1.61. The molecule has 124 valence electrons. The van der Waals surface area contributed by atoms with Gasteiger partial charge in [0.1, 0.15) is 5.54 Å². The first-order chi connectivity index (χ1) is 10.8. The van der Waals surface area contributed by atoms with Crippen LogP contribution in [0.1, 0.15) is 29.5 Å². The molecule has 0 bridgehead atoms. The van der Waals surface area contributed by atoms with Crippen LogP contribution in [0.5, 0.6) is 0 Å². The Labute approximate surface area is 140 Å². The Morgan fingerprint density at radius 1 is 1.17 bits per heavy atom. The van der Waals surface area contributed by atoms with E-state index in [2.05, 4.69) is 5.32 Å². The van der Waals surface area contributed by atoms with Crippen molar-refractivity contribution in [2.45, 2.75) is 37.1 Å². The monoisotopic (exact) mass is 336 g/mol. The zero-order valence-electron chi connectivity index (χ0n) is 13.6. The van der Waals surface area contributed by atoms with Crippen LogP contribution in [0.3, 0.4) is 0 Å². The number of benzene rings is 1. The van der Waals surface area contributed by atoms with Crippen molar-refractivity contribution < 1.29 is 14.4 Å². The smallest absolute Gasteiger partial charge is 0.254 e. The van der Waals surface area contributed by atoms with E-state index in [1.54, 1.807) is 12.2 Å². The summed E-state index contributed by atoms with van der Waals surface area (Å²) in [6, 6.07) is 5.66. The molecule has 1 spiro atoms. The zero-order valence-corrected chi connectivity index (χ0v) is 14.4. The standard InChI is InChI=1S/C17H21ClN2O3/c1-11-5-4-6-12(2)13(11)17(18)14(21)16(19-15(17)22)7-9-20(23-3)10-8-16/h4-6H,7-10H2,1-3H3,(H,19,22). The predicted molar refractivity (Wildman–Crippen MR) is 87.1 cm³/mol. The van der Waals surface area contributed by atoms with Crippen LogP contribution in [0.2, 0.25) is 0 Å². The highest BCUT2D eigenvalue weighted by Gasteiger charge is 2.63. The molecule has 3 rings (SSSR count). The summed E-state index contributed by atoms with van der Waals surface area (Å²) in [5, 5.41) is 4.69. The van der Waals surface area contributed by atoms with Crippen molar-refractivity contribution in [3.63, 3.8) is 0 Å². The van der Waals surface area contributed by atoms with Gasteiger partial charge in [-0.05, 0) is 43.4 Å². The number of piperidine rings is 1. The first-order valence-electron chi connectivity index (χ1n) is 7.77. The van der Waals surface area contributed by atoms with E-state index in [1.807, 2.05) is 32.0 Å². The molecule has 0 radical (unpaired) electrons. The van der Waals surface area contributed by atoms with Gasteiger partial charge in [0, 0.05) is 13.1 Å². The van der Waals surface area contributed by atoms with Crippen molar-refractivity contribution in [2.75, 3.05) is 20.2 Å². The number of hydroxylamine groups is 2. The van der Waals surface area contributed by atoms with Gasteiger partial charge in [0.25, 0.3) is 5.91 Å². The number of hydrogen-bond acceptors (Lipinski definition) is 4. The number of nitrogens with zero attached hydrogens (tertiary/aromatic N) is 1. The van der Waals surface area contributed by atoms with Crippen molar-refractivity contribution >= 4 is 23.3 Å². The second-order valence-electron chi connectivity index (χ2n) is 6.40. The van der Waals surface area contributed by atoms with Gasteiger partial charge in [-0.2, -0.15) is 5.06 Å². The van der Waals surface area contributed by atoms with Gasteiger partial charge in [0.05, 0.1) is 7.11 Å². The van der Waals surface area contributed by atoms with Crippen molar-refractivity contribution in [3.05, 3.63) is 34.9 Å². The van der Waals surface area contributed by atoms with Crippen LogP contribution >= 0.6 is 11.6 Å². The summed E-state index contributed by atoms with van der Waals surface area (Å²) in [5.74, 6) is -0.641. The number of carbonyl (C=O) groups excluding carboxylic acids is 2. The second-order valence-corrected chi connectivity index (χ2v) is 6.97. The van der Waals surface area contributed by atoms with E-state index in [0.29, 0.717) is 31.5 Å². The van der Waals surface area contributed by atoms with E-state index in [4.69, 9.17) is 16.4 Å². The minimum absolute atomic E-state index is 0.232. The lowest BCUT2D eigenvalue weighted by Gasteiger charge is -2.37. The Hall–Kier alpha value is -1.43. The number of ketones is 1. The summed E-state index contributed by atoms with van der Waals surface area (Å²) in [6.07, 6.45) is 1.01. The Morgan fingerprint density at radius 3 is 2.26 bits per heavy atom. The molecule has 2 saturated heterocycles. The highest BCUT2D eigenvalue weighted by molar-refractivity contribution is 6.49. The maximum Gasteiger partial charge on any atom is 0.254 e. The molecular formula is C17H21ClN2O3. The number of halogens is 1. The summed E-state index contributed by atoms with van der Waals surface area (Å²) in [4.78, 5) is 29.5. The molecule has 0 aromatic heterocycles. The van der Waals surface area contributed by atoms with Crippen molar-refractivity contribution in [2.24, 2.45) is 0 Å². The molecular weight excluding hydrogens is 316 g/mol. The molecule has 1 atom stereocenters. The van der Waals surface area contributed by atoms with E-state index in [1.165, 1.54) is 0 Å². The van der Waals surface area contributed by atoms with Crippen molar-refractivity contribution in [1.82, 2.24) is 10.4 Å². The van der Waals surface area contributed by atoms with Gasteiger partial charge in [0.15, 0.2) is 5.78 Å².